The van der Waals surface area contributed by atoms with Gasteiger partial charge in [0.15, 0.2) is 0 Å². The van der Waals surface area contributed by atoms with E-state index in [-0.39, 0.29) is 37.5 Å². The lowest BCUT2D eigenvalue weighted by Gasteiger charge is -2.19. The summed E-state index contributed by atoms with van der Waals surface area (Å²) in [7, 11) is 0. The smallest absolute Gasteiger partial charge is 0.272 e. The average Bonchev–Trinajstić information content (AvgIpc) is 2.38. The summed E-state index contributed by atoms with van der Waals surface area (Å²) in [5.74, 6) is -0.317. The Bertz CT molecular complexity index is 486. The van der Waals surface area contributed by atoms with Crippen LogP contribution in [-0.4, -0.2) is 28.9 Å². The highest BCUT2D eigenvalue weighted by Gasteiger charge is 2.16. The Morgan fingerprint density at radius 3 is 2.44 bits per heavy atom. The van der Waals surface area contributed by atoms with E-state index >= 15 is 0 Å². The molecule has 0 spiro atoms. The molecule has 92 valence electrons. The summed E-state index contributed by atoms with van der Waals surface area (Å²) in [6.45, 7) is 0.566. The first-order chi connectivity index (χ1) is 8.69. The molecule has 6 heteroatoms. The van der Waals surface area contributed by atoms with E-state index in [0.717, 1.165) is 0 Å². The number of hydrogen-bond donors (Lipinski definition) is 0. The fourth-order valence-corrected chi connectivity index (χ4v) is 1.53. The minimum atomic E-state index is -0.317. The molecule has 18 heavy (non-hydrogen) atoms. The molecule has 0 aromatic carbocycles. The molecular weight excluding hydrogens is 252 g/mol. The number of halogens is 1. The summed E-state index contributed by atoms with van der Waals surface area (Å²) < 4.78 is 0. The van der Waals surface area contributed by atoms with Crippen LogP contribution in [0.2, 0.25) is 5.02 Å². The fourth-order valence-electron chi connectivity index (χ4n) is 1.37. The van der Waals surface area contributed by atoms with Gasteiger partial charge in [0.1, 0.15) is 5.69 Å². The van der Waals surface area contributed by atoms with Crippen molar-refractivity contribution in [1.29, 1.82) is 10.5 Å². The van der Waals surface area contributed by atoms with Gasteiger partial charge < -0.3 is 4.90 Å². The van der Waals surface area contributed by atoms with Crippen LogP contribution in [0.15, 0.2) is 18.3 Å². The monoisotopic (exact) mass is 262 g/mol. The van der Waals surface area contributed by atoms with Gasteiger partial charge in [0.2, 0.25) is 0 Å². The van der Waals surface area contributed by atoms with Crippen LogP contribution < -0.4 is 0 Å². The van der Waals surface area contributed by atoms with Crippen molar-refractivity contribution < 1.29 is 4.79 Å². The van der Waals surface area contributed by atoms with E-state index in [4.69, 9.17) is 22.1 Å². The van der Waals surface area contributed by atoms with E-state index in [9.17, 15) is 4.79 Å². The molecule has 0 radical (unpaired) electrons. The van der Waals surface area contributed by atoms with E-state index < -0.39 is 0 Å². The van der Waals surface area contributed by atoms with E-state index in [2.05, 4.69) is 4.98 Å². The first-order valence-electron chi connectivity index (χ1n) is 5.33. The van der Waals surface area contributed by atoms with Crippen LogP contribution in [0.3, 0.4) is 0 Å². The highest BCUT2D eigenvalue weighted by Crippen LogP contribution is 2.10. The first kappa shape index (κ1) is 14.0. The third-order valence-electron chi connectivity index (χ3n) is 2.22. The third kappa shape index (κ3) is 4.04. The minimum absolute atomic E-state index is 0.220. The van der Waals surface area contributed by atoms with Gasteiger partial charge in [-0.15, -0.1) is 0 Å². The Hall–Kier alpha value is -2.11. The van der Waals surface area contributed by atoms with Crippen molar-refractivity contribution >= 4 is 17.5 Å². The van der Waals surface area contributed by atoms with Crippen molar-refractivity contribution in [3.05, 3.63) is 29.0 Å². The van der Waals surface area contributed by atoms with Crippen molar-refractivity contribution in [2.24, 2.45) is 0 Å². The zero-order valence-electron chi connectivity index (χ0n) is 9.64. The Kier molecular flexibility index (Phi) is 5.63. The molecule has 5 nitrogen and oxygen atoms in total. The van der Waals surface area contributed by atoms with Gasteiger partial charge in [0, 0.05) is 24.3 Å². The summed E-state index contributed by atoms with van der Waals surface area (Å²) >= 11 is 5.79. The maximum Gasteiger partial charge on any atom is 0.272 e. The number of hydrogen-bond acceptors (Lipinski definition) is 4. The predicted octanol–water partition coefficient (Wildman–Crippen LogP) is 2.00. The second-order valence-electron chi connectivity index (χ2n) is 3.47. The fraction of sp³-hybridized carbons (Fsp3) is 0.333. The van der Waals surface area contributed by atoms with Crippen molar-refractivity contribution in [3.63, 3.8) is 0 Å². The normalized spacial score (nSPS) is 9.28. The van der Waals surface area contributed by atoms with Crippen molar-refractivity contribution in [1.82, 2.24) is 9.88 Å². The molecule has 0 aliphatic rings. The number of nitrogens with zero attached hydrogens (tertiary/aromatic N) is 4. The van der Waals surface area contributed by atoms with Gasteiger partial charge in [-0.05, 0) is 12.1 Å². The molecule has 1 rings (SSSR count). The van der Waals surface area contributed by atoms with Crippen molar-refractivity contribution in [2.75, 3.05) is 13.1 Å². The van der Waals surface area contributed by atoms with Crippen LogP contribution in [0.5, 0.6) is 0 Å². The van der Waals surface area contributed by atoms with Crippen LogP contribution in [0.4, 0.5) is 0 Å². The maximum absolute atomic E-state index is 12.1. The SMILES string of the molecule is N#CCCN(CCC#N)C(=O)c1cc(Cl)ccn1. The number of carbonyl (C=O) groups is 1. The Labute approximate surface area is 110 Å². The zero-order valence-corrected chi connectivity index (χ0v) is 10.4. The molecule has 0 N–H and O–H groups in total. The molecule has 0 saturated heterocycles. The molecule has 1 aromatic heterocycles. The molecular formula is C12H11ClN4O. The third-order valence-corrected chi connectivity index (χ3v) is 2.45. The second-order valence-corrected chi connectivity index (χ2v) is 3.90. The Morgan fingerprint density at radius 1 is 1.33 bits per heavy atom. The molecule has 0 bridgehead atoms. The first-order valence-corrected chi connectivity index (χ1v) is 5.71. The van der Waals surface area contributed by atoms with E-state index in [1.807, 2.05) is 12.1 Å². The molecule has 1 aromatic rings. The standard InChI is InChI=1S/C12H11ClN4O/c13-10-3-6-16-11(9-10)12(18)17(7-1-4-14)8-2-5-15/h3,6,9H,1-2,7-8H2. The van der Waals surface area contributed by atoms with E-state index in [1.54, 1.807) is 6.07 Å². The molecule has 0 saturated carbocycles. The molecule has 0 fully saturated rings. The molecule has 0 aliphatic carbocycles. The largest absolute Gasteiger partial charge is 0.335 e. The van der Waals surface area contributed by atoms with Gasteiger partial charge in [-0.25, -0.2) is 0 Å². The average molecular weight is 263 g/mol. The van der Waals surface area contributed by atoms with Gasteiger partial charge in [-0.3, -0.25) is 9.78 Å². The van der Waals surface area contributed by atoms with Crippen LogP contribution in [0, 0.1) is 22.7 Å². The quantitative estimate of drug-likeness (QED) is 0.813. The van der Waals surface area contributed by atoms with Gasteiger partial charge in [0.25, 0.3) is 5.91 Å². The van der Waals surface area contributed by atoms with Crippen LogP contribution in [0.1, 0.15) is 23.3 Å². The van der Waals surface area contributed by atoms with Crippen molar-refractivity contribution in [3.8, 4) is 12.1 Å². The summed E-state index contributed by atoms with van der Waals surface area (Å²) in [4.78, 5) is 17.5. The zero-order chi connectivity index (χ0) is 13.4. The summed E-state index contributed by atoms with van der Waals surface area (Å²) in [5.41, 5.74) is 0.221. The maximum atomic E-state index is 12.1. The van der Waals surface area contributed by atoms with Gasteiger partial charge in [0.05, 0.1) is 25.0 Å². The minimum Gasteiger partial charge on any atom is -0.335 e. The van der Waals surface area contributed by atoms with E-state index in [0.29, 0.717) is 5.02 Å². The number of amides is 1. The van der Waals surface area contributed by atoms with Crippen LogP contribution in [-0.2, 0) is 0 Å². The summed E-state index contributed by atoms with van der Waals surface area (Å²) in [5, 5.41) is 17.5. The van der Waals surface area contributed by atoms with Gasteiger partial charge in [-0.2, -0.15) is 10.5 Å². The summed E-state index contributed by atoms with van der Waals surface area (Å²) in [6.07, 6.45) is 1.89. The van der Waals surface area contributed by atoms with E-state index in [1.165, 1.54) is 17.2 Å². The van der Waals surface area contributed by atoms with Gasteiger partial charge in [-0.1, -0.05) is 11.6 Å². The molecule has 1 amide bonds. The summed E-state index contributed by atoms with van der Waals surface area (Å²) in [6, 6.07) is 6.98. The Balaban J connectivity index is 2.81. The highest BCUT2D eigenvalue weighted by atomic mass is 35.5. The lowest BCUT2D eigenvalue weighted by molar-refractivity contribution is 0.0756. The molecule has 0 atom stereocenters. The molecule has 0 unspecified atom stereocenters. The van der Waals surface area contributed by atoms with Crippen LogP contribution in [0.25, 0.3) is 0 Å². The van der Waals surface area contributed by atoms with Gasteiger partial charge >= 0.3 is 0 Å². The topological polar surface area (TPSA) is 80.8 Å². The Morgan fingerprint density at radius 2 is 1.94 bits per heavy atom. The number of carbonyl (C=O) groups excluding carboxylic acids is 1. The molecule has 0 aliphatic heterocycles. The highest BCUT2D eigenvalue weighted by molar-refractivity contribution is 6.30. The van der Waals surface area contributed by atoms with Crippen molar-refractivity contribution in [2.45, 2.75) is 12.8 Å². The van der Waals surface area contributed by atoms with Crippen LogP contribution >= 0.6 is 11.6 Å². The lowest BCUT2D eigenvalue weighted by Crippen LogP contribution is -2.33. The lowest BCUT2D eigenvalue weighted by atomic mass is 10.2. The number of rotatable bonds is 5. The molecule has 1 heterocycles. The number of nitriles is 2. The number of pyridine rings is 1. The number of aromatic nitrogens is 1. The second kappa shape index (κ2) is 7.26. The predicted molar refractivity (Wildman–Crippen MR) is 65.6 cm³/mol.